The topological polar surface area (TPSA) is 136 Å². The number of nitrogens with zero attached hydrogens (tertiary/aromatic N) is 4. The summed E-state index contributed by atoms with van der Waals surface area (Å²) in [4.78, 5) is 17.1. The molecule has 184 valence electrons. The van der Waals surface area contributed by atoms with E-state index in [4.69, 9.17) is 0 Å². The summed E-state index contributed by atoms with van der Waals surface area (Å²) < 4.78 is 39.1. The van der Waals surface area contributed by atoms with Crippen molar-refractivity contribution in [3.63, 3.8) is 0 Å². The number of anilines is 2. The molecule has 3 aromatic rings. The number of rotatable bonds is 6. The van der Waals surface area contributed by atoms with Gasteiger partial charge < -0.3 is 26.0 Å². The molecular weight excluding hydrogens is 473 g/mol. The summed E-state index contributed by atoms with van der Waals surface area (Å²) in [6, 6.07) is 1.08. The number of aliphatic hydroxyl groups excluding tert-OH is 2. The SMILES string of the molecule is Cc1nc(NCC(F)(F)F)nc(NC2C[C@H](C(C)(C)O)[C@@H](O)[C@H]2O)c1-c1nc2cnccc2s1. The van der Waals surface area contributed by atoms with Crippen LogP contribution in [0.1, 0.15) is 26.0 Å². The molecule has 1 saturated carbocycles. The zero-order valence-electron chi connectivity index (χ0n) is 18.6. The van der Waals surface area contributed by atoms with Gasteiger partial charge in [0.1, 0.15) is 29.0 Å². The molecule has 1 fully saturated rings. The lowest BCUT2D eigenvalue weighted by atomic mass is 9.88. The lowest BCUT2D eigenvalue weighted by Crippen LogP contribution is -2.40. The predicted molar refractivity (Wildman–Crippen MR) is 122 cm³/mol. The fourth-order valence-corrected chi connectivity index (χ4v) is 5.16. The van der Waals surface area contributed by atoms with Gasteiger partial charge in [-0.05, 0) is 33.3 Å². The minimum atomic E-state index is -4.46. The molecule has 1 unspecified atom stereocenters. The third-order valence-electron chi connectivity index (χ3n) is 5.85. The van der Waals surface area contributed by atoms with Crippen molar-refractivity contribution in [1.82, 2.24) is 19.9 Å². The van der Waals surface area contributed by atoms with Gasteiger partial charge in [-0.3, -0.25) is 4.98 Å². The van der Waals surface area contributed by atoms with Gasteiger partial charge >= 0.3 is 6.18 Å². The smallest absolute Gasteiger partial charge is 0.390 e. The van der Waals surface area contributed by atoms with Crippen LogP contribution in [0.3, 0.4) is 0 Å². The first kappa shape index (κ1) is 24.5. The highest BCUT2D eigenvalue weighted by molar-refractivity contribution is 7.21. The largest absolute Gasteiger partial charge is 0.405 e. The minimum Gasteiger partial charge on any atom is -0.390 e. The van der Waals surface area contributed by atoms with Crippen LogP contribution in [0.15, 0.2) is 18.5 Å². The molecule has 0 spiro atoms. The molecule has 34 heavy (non-hydrogen) atoms. The Balaban J connectivity index is 1.74. The Hall–Kier alpha value is -2.61. The standard InChI is InChI=1S/C21H25F3N6O3S/c1-9-14(18-29-12-7-25-5-4-13(12)34-18)17(30-19(27-9)26-8-21(22,23)24)28-11-6-10(20(2,3)33)15(31)16(11)32/h4-5,7,10-11,15-16,31-33H,6,8H2,1-3H3,(H2,26,27,28,30)/t10-,11?,15+,16-/m0/s1. The van der Waals surface area contributed by atoms with Crippen LogP contribution in [-0.2, 0) is 0 Å². The van der Waals surface area contributed by atoms with Crippen LogP contribution in [0.25, 0.3) is 20.8 Å². The van der Waals surface area contributed by atoms with Gasteiger partial charge in [-0.15, -0.1) is 11.3 Å². The second-order valence-corrected chi connectivity index (χ2v) is 9.95. The molecule has 0 amide bonds. The van der Waals surface area contributed by atoms with Crippen molar-refractivity contribution in [2.45, 2.75) is 57.2 Å². The Labute approximate surface area is 197 Å². The molecule has 3 heterocycles. The van der Waals surface area contributed by atoms with Gasteiger partial charge in [0.05, 0.1) is 39.9 Å². The van der Waals surface area contributed by atoms with E-state index in [9.17, 15) is 28.5 Å². The van der Waals surface area contributed by atoms with Crippen molar-refractivity contribution in [3.05, 3.63) is 24.2 Å². The average molecular weight is 499 g/mol. The number of hydrogen-bond acceptors (Lipinski definition) is 10. The van der Waals surface area contributed by atoms with Crippen LogP contribution in [0.2, 0.25) is 0 Å². The third-order valence-corrected chi connectivity index (χ3v) is 6.91. The van der Waals surface area contributed by atoms with E-state index in [1.54, 1.807) is 39.2 Å². The normalized spacial score (nSPS) is 23.4. The maximum absolute atomic E-state index is 12.7. The van der Waals surface area contributed by atoms with Gasteiger partial charge in [-0.1, -0.05) is 0 Å². The summed E-state index contributed by atoms with van der Waals surface area (Å²) in [7, 11) is 0. The van der Waals surface area contributed by atoms with Crippen molar-refractivity contribution >= 4 is 33.3 Å². The molecule has 4 rings (SSSR count). The summed E-state index contributed by atoms with van der Waals surface area (Å²) in [5.74, 6) is -0.699. The van der Waals surface area contributed by atoms with E-state index in [0.717, 1.165) is 4.70 Å². The van der Waals surface area contributed by atoms with E-state index in [1.807, 2.05) is 0 Å². The van der Waals surface area contributed by atoms with Crippen LogP contribution >= 0.6 is 11.3 Å². The Morgan fingerprint density at radius 1 is 1.15 bits per heavy atom. The maximum Gasteiger partial charge on any atom is 0.405 e. The summed E-state index contributed by atoms with van der Waals surface area (Å²) in [6.07, 6.45) is -3.45. The van der Waals surface area contributed by atoms with Crippen LogP contribution in [0.4, 0.5) is 24.9 Å². The van der Waals surface area contributed by atoms with E-state index in [-0.39, 0.29) is 18.2 Å². The van der Waals surface area contributed by atoms with Crippen molar-refractivity contribution in [3.8, 4) is 10.6 Å². The second-order valence-electron chi connectivity index (χ2n) is 8.92. The highest BCUT2D eigenvalue weighted by atomic mass is 32.1. The van der Waals surface area contributed by atoms with Gasteiger partial charge in [0, 0.05) is 12.1 Å². The van der Waals surface area contributed by atoms with Crippen LogP contribution in [0.5, 0.6) is 0 Å². The average Bonchev–Trinajstić information content (AvgIpc) is 3.27. The van der Waals surface area contributed by atoms with Crippen LogP contribution < -0.4 is 10.6 Å². The van der Waals surface area contributed by atoms with Crippen molar-refractivity contribution < 1.29 is 28.5 Å². The fraction of sp³-hybridized carbons (Fsp3) is 0.524. The first-order chi connectivity index (χ1) is 15.8. The molecule has 4 atom stereocenters. The Morgan fingerprint density at radius 2 is 1.88 bits per heavy atom. The quantitative estimate of drug-likeness (QED) is 0.347. The highest BCUT2D eigenvalue weighted by Gasteiger charge is 2.48. The van der Waals surface area contributed by atoms with E-state index in [1.165, 1.54) is 11.3 Å². The van der Waals surface area contributed by atoms with Gasteiger partial charge in [-0.2, -0.15) is 18.2 Å². The molecule has 0 saturated heterocycles. The summed E-state index contributed by atoms with van der Waals surface area (Å²) in [6.45, 7) is 3.41. The number of halogens is 3. The number of pyridine rings is 1. The molecule has 9 nitrogen and oxygen atoms in total. The van der Waals surface area contributed by atoms with Gasteiger partial charge in [0.15, 0.2) is 0 Å². The molecule has 0 bridgehead atoms. The second kappa shape index (κ2) is 8.87. The lowest BCUT2D eigenvalue weighted by Gasteiger charge is -2.28. The van der Waals surface area contributed by atoms with Crippen molar-refractivity contribution in [2.24, 2.45) is 5.92 Å². The zero-order chi connectivity index (χ0) is 24.8. The number of fused-ring (bicyclic) bond motifs is 1. The molecule has 3 aromatic heterocycles. The molecule has 0 radical (unpaired) electrons. The summed E-state index contributed by atoms with van der Waals surface area (Å²) >= 11 is 1.34. The van der Waals surface area contributed by atoms with Crippen LogP contribution in [-0.4, -0.2) is 71.8 Å². The zero-order valence-corrected chi connectivity index (χ0v) is 19.4. The lowest BCUT2D eigenvalue weighted by molar-refractivity contribution is -0.115. The number of thiazole rings is 1. The van der Waals surface area contributed by atoms with Gasteiger partial charge in [-0.25, -0.2) is 9.97 Å². The Bertz CT molecular complexity index is 1150. The van der Waals surface area contributed by atoms with Crippen molar-refractivity contribution in [2.75, 3.05) is 17.2 Å². The Kier molecular flexibility index (Phi) is 6.40. The van der Waals surface area contributed by atoms with Crippen LogP contribution in [0, 0.1) is 12.8 Å². The minimum absolute atomic E-state index is 0.164. The Morgan fingerprint density at radius 3 is 2.50 bits per heavy atom. The molecule has 0 aromatic carbocycles. The van der Waals surface area contributed by atoms with Gasteiger partial charge in [0.2, 0.25) is 5.95 Å². The predicted octanol–water partition coefficient (Wildman–Crippen LogP) is 2.72. The van der Waals surface area contributed by atoms with Crippen molar-refractivity contribution in [1.29, 1.82) is 0 Å². The maximum atomic E-state index is 12.7. The highest BCUT2D eigenvalue weighted by Crippen LogP contribution is 2.40. The molecule has 5 N–H and O–H groups in total. The number of nitrogens with one attached hydrogen (secondary N) is 2. The number of alkyl halides is 3. The molecule has 0 aliphatic heterocycles. The summed E-state index contributed by atoms with van der Waals surface area (Å²) in [5, 5.41) is 37.3. The molecule has 1 aliphatic carbocycles. The fourth-order valence-electron chi connectivity index (χ4n) is 4.13. The molecule has 1 aliphatic rings. The van der Waals surface area contributed by atoms with E-state index in [2.05, 4.69) is 30.6 Å². The number of aliphatic hydroxyl groups is 3. The first-order valence-corrected chi connectivity index (χ1v) is 11.4. The first-order valence-electron chi connectivity index (χ1n) is 10.6. The summed E-state index contributed by atoms with van der Waals surface area (Å²) in [5.41, 5.74) is 0.236. The molecular formula is C21H25F3N6O3S. The van der Waals surface area contributed by atoms with E-state index in [0.29, 0.717) is 21.8 Å². The van der Waals surface area contributed by atoms with Gasteiger partial charge in [0.25, 0.3) is 0 Å². The van der Waals surface area contributed by atoms with E-state index < -0.39 is 42.5 Å². The number of aromatic nitrogens is 4. The molecule has 13 heteroatoms. The number of aryl methyl sites for hydroxylation is 1. The monoisotopic (exact) mass is 498 g/mol. The third kappa shape index (κ3) is 5.06. The number of hydrogen-bond donors (Lipinski definition) is 5. The van der Waals surface area contributed by atoms with E-state index >= 15 is 0 Å².